The van der Waals surface area contributed by atoms with Gasteiger partial charge in [-0.05, 0) is 42.9 Å². The smallest absolute Gasteiger partial charge is 0.327 e. The quantitative estimate of drug-likeness (QED) is 0.773. The van der Waals surface area contributed by atoms with Crippen molar-refractivity contribution >= 4 is 5.97 Å². The lowest BCUT2D eigenvalue weighted by Crippen LogP contribution is -2.58. The van der Waals surface area contributed by atoms with Gasteiger partial charge in [0.25, 0.3) is 0 Å². The maximum absolute atomic E-state index is 11.8. The highest BCUT2D eigenvalue weighted by molar-refractivity contribution is 5.80. The summed E-state index contributed by atoms with van der Waals surface area (Å²) in [5.41, 5.74) is 0.155. The number of carboxylic acids is 1. The van der Waals surface area contributed by atoms with Gasteiger partial charge in [-0.1, -0.05) is 39.0 Å². The number of carboxylic acid groups (broad SMARTS) is 1. The van der Waals surface area contributed by atoms with Gasteiger partial charge < -0.3 is 9.84 Å². The molecule has 0 amide bonds. The molecule has 1 atom stereocenters. The Kier molecular flexibility index (Phi) is 4.88. The van der Waals surface area contributed by atoms with E-state index >= 15 is 0 Å². The number of hydrogen-bond acceptors (Lipinski definition) is 3. The molecule has 0 aliphatic heterocycles. The van der Waals surface area contributed by atoms with Crippen molar-refractivity contribution in [1.82, 2.24) is 5.32 Å². The van der Waals surface area contributed by atoms with E-state index in [9.17, 15) is 9.90 Å². The Morgan fingerprint density at radius 2 is 2.10 bits per heavy atom. The largest absolute Gasteiger partial charge is 0.491 e. The van der Waals surface area contributed by atoms with Crippen LogP contribution in [-0.4, -0.2) is 29.8 Å². The molecule has 0 bridgehead atoms. The van der Waals surface area contributed by atoms with Gasteiger partial charge >= 0.3 is 5.97 Å². The topological polar surface area (TPSA) is 58.6 Å². The average Bonchev–Trinajstić information content (AvgIpc) is 3.28. The number of rotatable bonds is 8. The van der Waals surface area contributed by atoms with Crippen LogP contribution >= 0.6 is 0 Å². The van der Waals surface area contributed by atoms with Crippen LogP contribution in [0.5, 0.6) is 5.75 Å². The SMILES string of the molecule is CCNC(COc1ccccc1C(C)C)(C(=O)O)C1CC1. The fraction of sp³-hybridized carbons (Fsp3) is 0.588. The van der Waals surface area contributed by atoms with Crippen LogP contribution in [0, 0.1) is 5.92 Å². The van der Waals surface area contributed by atoms with E-state index in [4.69, 9.17) is 4.74 Å². The second kappa shape index (κ2) is 6.48. The zero-order valence-corrected chi connectivity index (χ0v) is 13.1. The Morgan fingerprint density at radius 1 is 1.43 bits per heavy atom. The summed E-state index contributed by atoms with van der Waals surface area (Å²) >= 11 is 0. The average molecular weight is 291 g/mol. The third kappa shape index (κ3) is 3.38. The molecule has 21 heavy (non-hydrogen) atoms. The zero-order chi connectivity index (χ0) is 15.5. The third-order valence-electron chi connectivity index (χ3n) is 4.14. The van der Waals surface area contributed by atoms with Crippen molar-refractivity contribution < 1.29 is 14.6 Å². The first-order valence-corrected chi connectivity index (χ1v) is 7.71. The van der Waals surface area contributed by atoms with Gasteiger partial charge in [-0.2, -0.15) is 0 Å². The number of nitrogens with one attached hydrogen (secondary N) is 1. The van der Waals surface area contributed by atoms with E-state index < -0.39 is 11.5 Å². The van der Waals surface area contributed by atoms with Crippen molar-refractivity contribution in [2.75, 3.05) is 13.2 Å². The number of ether oxygens (including phenoxy) is 1. The summed E-state index contributed by atoms with van der Waals surface area (Å²) in [6, 6.07) is 7.86. The van der Waals surface area contributed by atoms with Gasteiger partial charge in [0.05, 0.1) is 0 Å². The van der Waals surface area contributed by atoms with Crippen molar-refractivity contribution in [2.45, 2.75) is 45.1 Å². The van der Waals surface area contributed by atoms with Crippen LogP contribution < -0.4 is 10.1 Å². The molecular formula is C17H25NO3. The van der Waals surface area contributed by atoms with Gasteiger partial charge in [-0.15, -0.1) is 0 Å². The molecule has 116 valence electrons. The molecule has 1 saturated carbocycles. The minimum absolute atomic E-state index is 0.168. The predicted octanol–water partition coefficient (Wildman–Crippen LogP) is 3.03. The lowest BCUT2D eigenvalue weighted by atomic mass is 9.94. The van der Waals surface area contributed by atoms with Crippen LogP contribution in [0.25, 0.3) is 0 Å². The monoisotopic (exact) mass is 291 g/mol. The van der Waals surface area contributed by atoms with Crippen molar-refractivity contribution in [3.05, 3.63) is 29.8 Å². The van der Waals surface area contributed by atoms with Gasteiger partial charge in [0.2, 0.25) is 0 Å². The lowest BCUT2D eigenvalue weighted by Gasteiger charge is -2.30. The van der Waals surface area contributed by atoms with Crippen molar-refractivity contribution in [1.29, 1.82) is 0 Å². The van der Waals surface area contributed by atoms with E-state index in [-0.39, 0.29) is 12.5 Å². The first-order chi connectivity index (χ1) is 10.0. The Morgan fingerprint density at radius 3 is 2.62 bits per heavy atom. The molecule has 1 aromatic carbocycles. The van der Waals surface area contributed by atoms with Crippen LogP contribution in [-0.2, 0) is 4.79 Å². The molecule has 0 saturated heterocycles. The number of likely N-dealkylation sites (N-methyl/N-ethyl adjacent to an activating group) is 1. The number of hydrogen-bond donors (Lipinski definition) is 2. The normalized spacial score (nSPS) is 17.5. The van der Waals surface area contributed by atoms with Crippen LogP contribution in [0.2, 0.25) is 0 Å². The van der Waals surface area contributed by atoms with E-state index in [1.807, 2.05) is 31.2 Å². The molecule has 1 aliphatic rings. The summed E-state index contributed by atoms with van der Waals surface area (Å²) < 4.78 is 5.94. The zero-order valence-electron chi connectivity index (χ0n) is 13.1. The van der Waals surface area contributed by atoms with Crippen LogP contribution in [0.3, 0.4) is 0 Å². The lowest BCUT2D eigenvalue weighted by molar-refractivity contribution is -0.147. The van der Waals surface area contributed by atoms with E-state index in [1.165, 1.54) is 0 Å². The maximum Gasteiger partial charge on any atom is 0.327 e. The highest BCUT2D eigenvalue weighted by Gasteiger charge is 2.51. The molecule has 1 aromatic rings. The van der Waals surface area contributed by atoms with Crippen LogP contribution in [0.15, 0.2) is 24.3 Å². The minimum Gasteiger partial charge on any atom is -0.491 e. The fourth-order valence-corrected chi connectivity index (χ4v) is 2.80. The Bertz CT molecular complexity index is 497. The molecule has 0 heterocycles. The van der Waals surface area contributed by atoms with Crippen LogP contribution in [0.4, 0.5) is 0 Å². The van der Waals surface area contributed by atoms with Gasteiger partial charge in [-0.25, -0.2) is 0 Å². The molecule has 0 radical (unpaired) electrons. The third-order valence-corrected chi connectivity index (χ3v) is 4.14. The summed E-state index contributed by atoms with van der Waals surface area (Å²) in [4.78, 5) is 11.8. The van der Waals surface area contributed by atoms with Crippen molar-refractivity contribution in [3.63, 3.8) is 0 Å². The molecular weight excluding hydrogens is 266 g/mol. The maximum atomic E-state index is 11.8. The molecule has 2 N–H and O–H groups in total. The summed E-state index contributed by atoms with van der Waals surface area (Å²) in [5, 5.41) is 12.8. The molecule has 1 unspecified atom stereocenters. The number of carbonyl (C=O) groups is 1. The Labute approximate surface area is 126 Å². The summed E-state index contributed by atoms with van der Waals surface area (Å²) in [7, 11) is 0. The predicted molar refractivity (Wildman–Crippen MR) is 82.8 cm³/mol. The number of benzene rings is 1. The van der Waals surface area contributed by atoms with E-state index in [2.05, 4.69) is 19.2 Å². The molecule has 4 heteroatoms. The van der Waals surface area contributed by atoms with Gasteiger partial charge in [0.1, 0.15) is 12.4 Å². The van der Waals surface area contributed by atoms with Crippen molar-refractivity contribution in [3.8, 4) is 5.75 Å². The molecule has 1 aliphatic carbocycles. The summed E-state index contributed by atoms with van der Waals surface area (Å²) in [5.74, 6) is 0.493. The van der Waals surface area contributed by atoms with E-state index in [0.29, 0.717) is 12.5 Å². The van der Waals surface area contributed by atoms with Crippen LogP contribution in [0.1, 0.15) is 45.1 Å². The van der Waals surface area contributed by atoms with Gasteiger partial charge in [-0.3, -0.25) is 10.1 Å². The molecule has 0 spiro atoms. The van der Waals surface area contributed by atoms with Gasteiger partial charge in [0.15, 0.2) is 5.54 Å². The second-order valence-corrected chi connectivity index (χ2v) is 6.06. The molecule has 2 rings (SSSR count). The van der Waals surface area contributed by atoms with Gasteiger partial charge in [0, 0.05) is 0 Å². The minimum atomic E-state index is -0.959. The summed E-state index contributed by atoms with van der Waals surface area (Å²) in [6.07, 6.45) is 1.91. The van der Waals surface area contributed by atoms with E-state index in [0.717, 1.165) is 24.2 Å². The standard InChI is InChI=1S/C17H25NO3/c1-4-18-17(16(19)20,13-9-10-13)11-21-15-8-6-5-7-14(15)12(2)3/h5-8,12-13,18H,4,9-11H2,1-3H3,(H,19,20). The second-order valence-electron chi connectivity index (χ2n) is 6.06. The first-order valence-electron chi connectivity index (χ1n) is 7.71. The van der Waals surface area contributed by atoms with Crippen molar-refractivity contribution in [2.24, 2.45) is 5.92 Å². The fourth-order valence-electron chi connectivity index (χ4n) is 2.80. The summed E-state index contributed by atoms with van der Waals surface area (Å²) in [6.45, 7) is 6.94. The molecule has 4 nitrogen and oxygen atoms in total. The molecule has 0 aromatic heterocycles. The highest BCUT2D eigenvalue weighted by Crippen LogP contribution is 2.40. The number of aliphatic carboxylic acids is 1. The molecule has 1 fully saturated rings. The highest BCUT2D eigenvalue weighted by atomic mass is 16.5. The first kappa shape index (κ1) is 15.8. The Balaban J connectivity index is 2.17. The Hall–Kier alpha value is -1.55. The number of para-hydroxylation sites is 1. The van der Waals surface area contributed by atoms with E-state index in [1.54, 1.807) is 0 Å².